The zero-order valence-electron chi connectivity index (χ0n) is 7.64. The number of rotatable bonds is 2. The third kappa shape index (κ3) is 4.08. The summed E-state index contributed by atoms with van der Waals surface area (Å²) in [6.45, 7) is 0. The Labute approximate surface area is 103 Å². The monoisotopic (exact) mass is 209 g/mol. The molecular formula is C8H10NaO5. The Morgan fingerprint density at radius 3 is 2.00 bits per heavy atom. The number of hydrogen-bond donors (Lipinski definition) is 3. The molecule has 1 radical (unpaired) electrons. The third-order valence-electron chi connectivity index (χ3n) is 1.44. The molecular weight excluding hydrogens is 199 g/mol. The Morgan fingerprint density at radius 1 is 1.21 bits per heavy atom. The maximum absolute atomic E-state index is 10.3. The minimum atomic E-state index is -1.52. The van der Waals surface area contributed by atoms with Crippen molar-refractivity contribution in [2.75, 3.05) is 0 Å². The summed E-state index contributed by atoms with van der Waals surface area (Å²) in [5, 5.41) is 26.2. The van der Waals surface area contributed by atoms with Gasteiger partial charge in [-0.25, -0.2) is 4.79 Å². The molecule has 0 amide bonds. The summed E-state index contributed by atoms with van der Waals surface area (Å²) in [5.74, 6) is -1.27. The van der Waals surface area contributed by atoms with Gasteiger partial charge in [-0.05, 0) is 17.7 Å². The topological polar surface area (TPSA) is 109 Å². The predicted octanol–water partition coefficient (Wildman–Crippen LogP) is -0.695. The fourth-order valence-corrected chi connectivity index (χ4v) is 0.799. The van der Waals surface area contributed by atoms with Crippen molar-refractivity contribution in [1.29, 1.82) is 0 Å². The van der Waals surface area contributed by atoms with E-state index in [4.69, 9.17) is 15.3 Å². The fraction of sp³-hybridized carbons (Fsp3) is 0.125. The van der Waals surface area contributed by atoms with Gasteiger partial charge in [0.25, 0.3) is 0 Å². The van der Waals surface area contributed by atoms with E-state index in [-0.39, 0.29) is 46.3 Å². The summed E-state index contributed by atoms with van der Waals surface area (Å²) in [6, 6.07) is 5.35. The number of carboxylic acids is 1. The van der Waals surface area contributed by atoms with Crippen LogP contribution in [0.2, 0.25) is 0 Å². The molecule has 1 aromatic rings. The van der Waals surface area contributed by atoms with E-state index in [1.54, 1.807) is 0 Å². The van der Waals surface area contributed by atoms with Crippen molar-refractivity contribution < 1.29 is 25.6 Å². The standard InChI is InChI=1S/C8H8O4.Na.H2O/c9-6-3-1-5(2-4-6)7(10)8(11)12;;/h1-4,7,9-10H,(H,11,12);;1H2. The molecule has 0 saturated carbocycles. The average Bonchev–Trinajstić information content (AvgIpc) is 2.04. The number of phenols is 1. The smallest absolute Gasteiger partial charge is 0.337 e. The zero-order valence-corrected chi connectivity index (χ0v) is 9.64. The van der Waals surface area contributed by atoms with E-state index < -0.39 is 12.1 Å². The van der Waals surface area contributed by atoms with Crippen LogP contribution in [-0.2, 0) is 4.79 Å². The predicted molar refractivity (Wildman–Crippen MR) is 50.1 cm³/mol. The van der Waals surface area contributed by atoms with Crippen molar-refractivity contribution in [1.82, 2.24) is 0 Å². The normalized spacial score (nSPS) is 10.6. The maximum Gasteiger partial charge on any atom is 0.337 e. The first-order chi connectivity index (χ1) is 5.61. The molecule has 0 aliphatic heterocycles. The van der Waals surface area contributed by atoms with Crippen LogP contribution >= 0.6 is 0 Å². The van der Waals surface area contributed by atoms with E-state index in [1.807, 2.05) is 0 Å². The number of aliphatic carboxylic acids is 1. The van der Waals surface area contributed by atoms with Crippen LogP contribution in [0, 0.1) is 0 Å². The molecule has 14 heavy (non-hydrogen) atoms. The molecule has 1 unspecified atom stereocenters. The van der Waals surface area contributed by atoms with Crippen molar-refractivity contribution in [2.45, 2.75) is 6.10 Å². The van der Waals surface area contributed by atoms with Crippen molar-refractivity contribution in [2.24, 2.45) is 0 Å². The molecule has 6 heteroatoms. The molecule has 0 aliphatic carbocycles. The molecule has 1 rings (SSSR count). The number of phenolic OH excluding ortho intramolecular Hbond substituents is 1. The van der Waals surface area contributed by atoms with Gasteiger partial charge in [-0.3, -0.25) is 0 Å². The molecule has 1 atom stereocenters. The van der Waals surface area contributed by atoms with Gasteiger partial charge in [-0.1, -0.05) is 12.1 Å². The second kappa shape index (κ2) is 6.80. The Morgan fingerprint density at radius 2 is 1.64 bits per heavy atom. The van der Waals surface area contributed by atoms with E-state index in [2.05, 4.69) is 0 Å². The summed E-state index contributed by atoms with van der Waals surface area (Å²) >= 11 is 0. The first kappa shape index (κ1) is 15.9. The van der Waals surface area contributed by atoms with Crippen LogP contribution in [0.4, 0.5) is 0 Å². The summed E-state index contributed by atoms with van der Waals surface area (Å²) in [6.07, 6.45) is -1.52. The van der Waals surface area contributed by atoms with E-state index in [0.29, 0.717) is 0 Å². The average molecular weight is 209 g/mol. The molecule has 0 bridgehead atoms. The maximum atomic E-state index is 10.3. The fourth-order valence-electron chi connectivity index (χ4n) is 0.799. The van der Waals surface area contributed by atoms with Crippen LogP contribution in [0.15, 0.2) is 24.3 Å². The zero-order chi connectivity index (χ0) is 9.14. The van der Waals surface area contributed by atoms with Crippen molar-refractivity contribution >= 4 is 35.5 Å². The molecule has 0 aliphatic rings. The Kier molecular flexibility index (Phi) is 7.71. The van der Waals surface area contributed by atoms with Gasteiger partial charge in [-0.15, -0.1) is 0 Å². The molecule has 0 heterocycles. The van der Waals surface area contributed by atoms with Crippen LogP contribution in [0.5, 0.6) is 5.75 Å². The summed E-state index contributed by atoms with van der Waals surface area (Å²) in [7, 11) is 0. The van der Waals surface area contributed by atoms with E-state index in [0.717, 1.165) is 0 Å². The Hall–Kier alpha value is -0.590. The SMILES string of the molecule is O.O=C(O)C(O)c1ccc(O)cc1.[Na]. The second-order valence-corrected chi connectivity index (χ2v) is 2.33. The molecule has 73 valence electrons. The van der Waals surface area contributed by atoms with Crippen LogP contribution in [0.1, 0.15) is 11.7 Å². The number of aliphatic hydroxyl groups excluding tert-OH is 1. The van der Waals surface area contributed by atoms with Crippen LogP contribution in [0.3, 0.4) is 0 Å². The van der Waals surface area contributed by atoms with Gasteiger partial charge in [0.05, 0.1) is 0 Å². The Bertz CT molecular complexity index is 284. The van der Waals surface area contributed by atoms with Gasteiger partial charge in [0.15, 0.2) is 6.10 Å². The minimum absolute atomic E-state index is 0. The van der Waals surface area contributed by atoms with Gasteiger partial charge in [0.2, 0.25) is 0 Å². The number of hydrogen-bond acceptors (Lipinski definition) is 3. The molecule has 5 nitrogen and oxygen atoms in total. The number of carboxylic acid groups (broad SMARTS) is 1. The molecule has 0 aromatic heterocycles. The second-order valence-electron chi connectivity index (χ2n) is 2.33. The summed E-state index contributed by atoms with van der Waals surface area (Å²) in [5.41, 5.74) is 0.250. The van der Waals surface area contributed by atoms with Crippen LogP contribution in [-0.4, -0.2) is 56.3 Å². The van der Waals surface area contributed by atoms with Crippen molar-refractivity contribution in [3.63, 3.8) is 0 Å². The molecule has 0 fully saturated rings. The van der Waals surface area contributed by atoms with Gasteiger partial charge in [0, 0.05) is 29.6 Å². The number of aliphatic hydroxyl groups is 1. The van der Waals surface area contributed by atoms with Crippen LogP contribution < -0.4 is 0 Å². The van der Waals surface area contributed by atoms with Gasteiger partial charge < -0.3 is 20.8 Å². The van der Waals surface area contributed by atoms with Crippen LogP contribution in [0.25, 0.3) is 0 Å². The van der Waals surface area contributed by atoms with Crippen molar-refractivity contribution in [3.05, 3.63) is 29.8 Å². The quantitative estimate of drug-likeness (QED) is 0.559. The first-order valence-electron chi connectivity index (χ1n) is 3.31. The van der Waals surface area contributed by atoms with E-state index >= 15 is 0 Å². The summed E-state index contributed by atoms with van der Waals surface area (Å²) in [4.78, 5) is 10.3. The van der Waals surface area contributed by atoms with Gasteiger partial charge in [-0.2, -0.15) is 0 Å². The number of aromatic hydroxyl groups is 1. The largest absolute Gasteiger partial charge is 0.508 e. The Balaban J connectivity index is 0. The molecule has 5 N–H and O–H groups in total. The molecule has 0 spiro atoms. The first-order valence-corrected chi connectivity index (χ1v) is 3.31. The molecule has 0 saturated heterocycles. The third-order valence-corrected chi connectivity index (χ3v) is 1.44. The van der Waals surface area contributed by atoms with Gasteiger partial charge >= 0.3 is 5.97 Å². The minimum Gasteiger partial charge on any atom is -0.508 e. The number of benzene rings is 1. The van der Waals surface area contributed by atoms with Gasteiger partial charge in [0.1, 0.15) is 5.75 Å². The van der Waals surface area contributed by atoms with E-state index in [1.165, 1.54) is 24.3 Å². The summed E-state index contributed by atoms with van der Waals surface area (Å²) < 4.78 is 0. The van der Waals surface area contributed by atoms with E-state index in [9.17, 15) is 4.79 Å². The van der Waals surface area contributed by atoms with Crippen molar-refractivity contribution in [3.8, 4) is 5.75 Å². The molecule has 1 aromatic carbocycles. The number of carbonyl (C=O) groups is 1.